The van der Waals surface area contributed by atoms with E-state index < -0.39 is 16.1 Å². The Bertz CT molecular complexity index is 949. The highest BCUT2D eigenvalue weighted by atomic mass is 35.5. The van der Waals surface area contributed by atoms with Crippen molar-refractivity contribution in [2.24, 2.45) is 0 Å². The minimum Gasteiger partial charge on any atom is -0.476 e. The maximum atomic E-state index is 12.6. The van der Waals surface area contributed by atoms with Crippen LogP contribution in [0, 0.1) is 0 Å². The lowest BCUT2D eigenvalue weighted by atomic mass is 10.1. The number of halogens is 1. The number of amides is 1. The zero-order chi connectivity index (χ0) is 20.1. The Hall–Kier alpha value is -2.25. The van der Waals surface area contributed by atoms with Crippen molar-refractivity contribution in [3.63, 3.8) is 0 Å². The molecule has 0 radical (unpaired) electrons. The van der Waals surface area contributed by atoms with Gasteiger partial charge in [0.1, 0.15) is 5.75 Å². The summed E-state index contributed by atoms with van der Waals surface area (Å²) in [5, 5.41) is 3.54. The molecule has 1 heterocycles. The average Bonchev–Trinajstić information content (AvgIpc) is 2.71. The van der Waals surface area contributed by atoms with Gasteiger partial charge < -0.3 is 10.1 Å². The third-order valence-corrected chi connectivity index (χ3v) is 6.72. The Balaban J connectivity index is 1.62. The number of benzene rings is 2. The molecule has 2 aromatic carbocycles. The van der Waals surface area contributed by atoms with Gasteiger partial charge in [-0.25, -0.2) is 8.42 Å². The second-order valence-corrected chi connectivity index (χ2v) is 9.08. The van der Waals surface area contributed by atoms with Crippen molar-refractivity contribution in [3.8, 4) is 5.75 Å². The molecule has 1 aliphatic rings. The van der Waals surface area contributed by atoms with Crippen LogP contribution in [0.15, 0.2) is 48.5 Å². The number of carbonyl (C=O) groups excluding carboxylic acids is 1. The van der Waals surface area contributed by atoms with Crippen LogP contribution in [0.5, 0.6) is 5.75 Å². The zero-order valence-electron chi connectivity index (χ0n) is 15.6. The topological polar surface area (TPSA) is 75.7 Å². The molecular weight excluding hydrogens is 400 g/mol. The van der Waals surface area contributed by atoms with E-state index in [-0.39, 0.29) is 18.2 Å². The summed E-state index contributed by atoms with van der Waals surface area (Å²) in [7, 11) is -3.51. The smallest absolute Gasteiger partial charge is 0.263 e. The summed E-state index contributed by atoms with van der Waals surface area (Å²) in [6.07, 6.45) is 0.567. The van der Waals surface area contributed by atoms with E-state index in [1.165, 1.54) is 4.31 Å². The Morgan fingerprint density at radius 1 is 1.21 bits per heavy atom. The molecule has 1 amide bonds. The number of anilines is 1. The van der Waals surface area contributed by atoms with Crippen molar-refractivity contribution in [1.29, 1.82) is 0 Å². The molecule has 0 saturated heterocycles. The van der Waals surface area contributed by atoms with Crippen LogP contribution in [0.2, 0.25) is 5.02 Å². The molecule has 150 valence electrons. The second kappa shape index (κ2) is 8.84. The fraction of sp³-hybridized carbons (Fsp3) is 0.350. The Kier molecular flexibility index (Phi) is 6.46. The molecule has 0 saturated carbocycles. The van der Waals surface area contributed by atoms with Gasteiger partial charge in [0.15, 0.2) is 6.10 Å². The minimum atomic E-state index is -3.51. The molecule has 6 nitrogen and oxygen atoms in total. The Morgan fingerprint density at radius 3 is 2.68 bits per heavy atom. The lowest BCUT2D eigenvalue weighted by Crippen LogP contribution is -2.51. The van der Waals surface area contributed by atoms with E-state index in [0.717, 1.165) is 18.4 Å². The number of carbonyl (C=O) groups is 1. The average molecular weight is 423 g/mol. The van der Waals surface area contributed by atoms with Crippen LogP contribution >= 0.6 is 11.6 Å². The van der Waals surface area contributed by atoms with Crippen LogP contribution in [0.3, 0.4) is 0 Å². The second-order valence-electron chi connectivity index (χ2n) is 6.49. The van der Waals surface area contributed by atoms with Gasteiger partial charge in [0.2, 0.25) is 10.0 Å². The van der Waals surface area contributed by atoms with Gasteiger partial charge in [-0.3, -0.25) is 9.10 Å². The summed E-state index contributed by atoms with van der Waals surface area (Å²) >= 11 is 6.14. The highest BCUT2D eigenvalue weighted by Gasteiger charge is 2.35. The zero-order valence-corrected chi connectivity index (χ0v) is 17.2. The summed E-state index contributed by atoms with van der Waals surface area (Å²) in [6.45, 7) is 1.99. The van der Waals surface area contributed by atoms with Crippen LogP contribution < -0.4 is 14.4 Å². The summed E-state index contributed by atoms with van der Waals surface area (Å²) in [4.78, 5) is 12.6. The quantitative estimate of drug-likeness (QED) is 0.696. The van der Waals surface area contributed by atoms with Crippen LogP contribution in [0.1, 0.15) is 18.9 Å². The SMILES string of the molecule is CCS(=O)(=O)N1CC(C(=O)NCCCc2ccccc2Cl)Oc2ccccc21. The first kappa shape index (κ1) is 20.5. The van der Waals surface area contributed by atoms with Crippen molar-refractivity contribution in [1.82, 2.24) is 5.32 Å². The number of nitrogens with one attached hydrogen (secondary N) is 1. The van der Waals surface area contributed by atoms with Gasteiger partial charge >= 0.3 is 0 Å². The molecule has 1 aliphatic heterocycles. The first-order valence-corrected chi connectivity index (χ1v) is 11.2. The standard InChI is InChI=1S/C20H23ClN2O4S/c1-2-28(25,26)23-14-19(27-18-12-6-5-11-17(18)23)20(24)22-13-7-9-15-8-3-4-10-16(15)21/h3-6,8,10-12,19H,2,7,9,13-14H2,1H3,(H,22,24). The first-order valence-electron chi connectivity index (χ1n) is 9.19. The normalized spacial score (nSPS) is 16.2. The maximum absolute atomic E-state index is 12.6. The van der Waals surface area contributed by atoms with Crippen LogP contribution in [0.25, 0.3) is 0 Å². The number of hydrogen-bond acceptors (Lipinski definition) is 4. The monoisotopic (exact) mass is 422 g/mol. The van der Waals surface area contributed by atoms with Gasteiger partial charge in [0.25, 0.3) is 5.91 Å². The van der Waals surface area contributed by atoms with Gasteiger partial charge in [-0.2, -0.15) is 0 Å². The van der Waals surface area contributed by atoms with Crippen molar-refractivity contribution < 1.29 is 17.9 Å². The Labute approximate surface area is 170 Å². The molecule has 3 rings (SSSR count). The highest BCUT2D eigenvalue weighted by Crippen LogP contribution is 2.35. The number of sulfonamides is 1. The molecule has 1 unspecified atom stereocenters. The maximum Gasteiger partial charge on any atom is 0.263 e. The van der Waals surface area contributed by atoms with Gasteiger partial charge in [0, 0.05) is 11.6 Å². The summed E-state index contributed by atoms with van der Waals surface area (Å²) in [5.74, 6) is 0.0139. The van der Waals surface area contributed by atoms with Crippen LogP contribution in [0.4, 0.5) is 5.69 Å². The number of ether oxygens (including phenoxy) is 1. The molecule has 0 aromatic heterocycles. The molecule has 0 spiro atoms. The van der Waals surface area contributed by atoms with Crippen molar-refractivity contribution in [2.75, 3.05) is 23.1 Å². The van der Waals surface area contributed by atoms with Crippen LogP contribution in [-0.2, 0) is 21.2 Å². The predicted octanol–water partition coefficient (Wildman–Crippen LogP) is 3.01. The molecule has 8 heteroatoms. The number of rotatable bonds is 7. The molecule has 28 heavy (non-hydrogen) atoms. The number of fused-ring (bicyclic) bond motifs is 1. The number of hydrogen-bond donors (Lipinski definition) is 1. The predicted molar refractivity (Wildman–Crippen MR) is 110 cm³/mol. The van der Waals surface area contributed by atoms with E-state index in [2.05, 4.69) is 5.32 Å². The molecule has 0 aliphatic carbocycles. The number of para-hydroxylation sites is 2. The molecule has 1 N–H and O–H groups in total. The van der Waals surface area contributed by atoms with E-state index in [9.17, 15) is 13.2 Å². The molecule has 0 fully saturated rings. The van der Waals surface area contributed by atoms with E-state index in [1.807, 2.05) is 24.3 Å². The summed E-state index contributed by atoms with van der Waals surface area (Å²) in [5.41, 5.74) is 1.49. The summed E-state index contributed by atoms with van der Waals surface area (Å²) in [6, 6.07) is 14.4. The van der Waals surface area contributed by atoms with Gasteiger partial charge in [-0.1, -0.05) is 41.9 Å². The highest BCUT2D eigenvalue weighted by molar-refractivity contribution is 7.92. The lowest BCUT2D eigenvalue weighted by molar-refractivity contribution is -0.127. The first-order chi connectivity index (χ1) is 13.4. The van der Waals surface area contributed by atoms with E-state index in [1.54, 1.807) is 31.2 Å². The third kappa shape index (κ3) is 4.59. The van der Waals surface area contributed by atoms with Crippen molar-refractivity contribution in [2.45, 2.75) is 25.9 Å². The summed E-state index contributed by atoms with van der Waals surface area (Å²) < 4.78 is 31.9. The van der Waals surface area contributed by atoms with E-state index in [0.29, 0.717) is 23.0 Å². The van der Waals surface area contributed by atoms with Crippen molar-refractivity contribution >= 4 is 33.2 Å². The van der Waals surface area contributed by atoms with Gasteiger partial charge in [0.05, 0.1) is 18.0 Å². The van der Waals surface area contributed by atoms with Gasteiger partial charge in [-0.15, -0.1) is 0 Å². The largest absolute Gasteiger partial charge is 0.476 e. The molecule has 0 bridgehead atoms. The fourth-order valence-electron chi connectivity index (χ4n) is 3.06. The number of aryl methyl sites for hydroxylation is 1. The number of nitrogens with zero attached hydrogens (tertiary/aromatic N) is 1. The molecule has 2 aromatic rings. The lowest BCUT2D eigenvalue weighted by Gasteiger charge is -2.34. The Morgan fingerprint density at radius 2 is 1.93 bits per heavy atom. The molecular formula is C20H23ClN2O4S. The molecule has 1 atom stereocenters. The van der Waals surface area contributed by atoms with E-state index in [4.69, 9.17) is 16.3 Å². The third-order valence-electron chi connectivity index (χ3n) is 4.61. The van der Waals surface area contributed by atoms with Crippen molar-refractivity contribution in [3.05, 3.63) is 59.1 Å². The van der Waals surface area contributed by atoms with Crippen LogP contribution in [-0.4, -0.2) is 39.3 Å². The van der Waals surface area contributed by atoms with E-state index >= 15 is 0 Å². The minimum absolute atomic E-state index is 0.0382. The van der Waals surface area contributed by atoms with Gasteiger partial charge in [-0.05, 0) is 43.5 Å². The fourth-order valence-corrected chi connectivity index (χ4v) is 4.42.